The van der Waals surface area contributed by atoms with Crippen molar-refractivity contribution in [3.8, 4) is 5.75 Å². The average molecular weight is 305 g/mol. The van der Waals surface area contributed by atoms with Crippen LogP contribution in [-0.2, 0) is 12.3 Å². The van der Waals surface area contributed by atoms with E-state index >= 15 is 0 Å². The van der Waals surface area contributed by atoms with Gasteiger partial charge in [-0.2, -0.15) is 0 Å². The fraction of sp³-hybridized carbons (Fsp3) is 0.412. The van der Waals surface area contributed by atoms with E-state index in [-0.39, 0.29) is 0 Å². The monoisotopic (exact) mass is 304 g/mol. The van der Waals surface area contributed by atoms with Crippen molar-refractivity contribution in [3.05, 3.63) is 53.6 Å². The Balaban J connectivity index is 1.88. The molecule has 2 aromatic rings. The quantitative estimate of drug-likeness (QED) is 0.563. The molecule has 0 radical (unpaired) electrons. The number of nitrogens with zero attached hydrogens (tertiary/aromatic N) is 2. The van der Waals surface area contributed by atoms with E-state index in [9.17, 15) is 0 Å². The molecule has 0 aliphatic carbocycles. The molecule has 3 nitrogen and oxygen atoms in total. The van der Waals surface area contributed by atoms with Crippen molar-refractivity contribution in [2.75, 3.05) is 6.61 Å². The fourth-order valence-corrected chi connectivity index (χ4v) is 2.21. The summed E-state index contributed by atoms with van der Waals surface area (Å²) >= 11 is 5.95. The Morgan fingerprint density at radius 3 is 2.62 bits per heavy atom. The molecule has 4 heteroatoms. The summed E-state index contributed by atoms with van der Waals surface area (Å²) in [6, 6.07) is 10.4. The van der Waals surface area contributed by atoms with E-state index in [0.29, 0.717) is 24.2 Å². The van der Waals surface area contributed by atoms with Gasteiger partial charge < -0.3 is 4.74 Å². The fourth-order valence-electron chi connectivity index (χ4n) is 2.02. The molecule has 0 atom stereocenters. The zero-order valence-corrected chi connectivity index (χ0v) is 13.3. The number of aryl methyl sites for hydroxylation is 1. The second-order valence-corrected chi connectivity index (χ2v) is 5.53. The number of rotatable bonds is 7. The normalized spacial score (nSPS) is 10.9. The Hall–Kier alpha value is -1.61. The molecule has 0 unspecified atom stereocenters. The third-order valence-corrected chi connectivity index (χ3v) is 3.45. The molecule has 0 spiro atoms. The Morgan fingerprint density at radius 1 is 1.19 bits per heavy atom. The number of hydrogen-bond donors (Lipinski definition) is 0. The van der Waals surface area contributed by atoms with Gasteiger partial charge in [0.05, 0.1) is 18.7 Å². The zero-order valence-electron chi connectivity index (χ0n) is 12.6. The molecule has 1 aromatic carbocycles. The lowest BCUT2D eigenvalue weighted by molar-refractivity contribution is 0.305. The van der Waals surface area contributed by atoms with Crippen LogP contribution in [0.4, 0.5) is 0 Å². The highest BCUT2D eigenvalue weighted by Crippen LogP contribution is 2.20. The van der Waals surface area contributed by atoms with Crippen LogP contribution in [0.1, 0.15) is 43.3 Å². The molecule has 21 heavy (non-hydrogen) atoms. The van der Waals surface area contributed by atoms with Gasteiger partial charge in [0.1, 0.15) is 11.5 Å². The Labute approximate surface area is 131 Å². The number of aromatic nitrogens is 2. The summed E-state index contributed by atoms with van der Waals surface area (Å²) < 4.78 is 5.78. The summed E-state index contributed by atoms with van der Waals surface area (Å²) in [6.45, 7) is 4.77. The predicted molar refractivity (Wildman–Crippen MR) is 85.9 cm³/mol. The van der Waals surface area contributed by atoms with Crippen LogP contribution in [0.5, 0.6) is 5.75 Å². The van der Waals surface area contributed by atoms with Gasteiger partial charge >= 0.3 is 0 Å². The number of halogens is 1. The van der Waals surface area contributed by atoms with Gasteiger partial charge in [-0.3, -0.25) is 0 Å². The van der Waals surface area contributed by atoms with E-state index < -0.39 is 0 Å². The summed E-state index contributed by atoms with van der Waals surface area (Å²) in [5, 5.41) is 0. The Kier molecular flexibility index (Phi) is 6.00. The van der Waals surface area contributed by atoms with Crippen molar-refractivity contribution < 1.29 is 4.74 Å². The van der Waals surface area contributed by atoms with E-state index in [1.165, 1.54) is 5.56 Å². The maximum absolute atomic E-state index is 5.95. The van der Waals surface area contributed by atoms with Crippen molar-refractivity contribution in [3.63, 3.8) is 0 Å². The Morgan fingerprint density at radius 2 is 1.95 bits per heavy atom. The number of alkyl halides is 1. The molecular weight excluding hydrogens is 284 g/mol. The molecule has 0 bridgehead atoms. The first-order valence-corrected chi connectivity index (χ1v) is 7.82. The maximum Gasteiger partial charge on any atom is 0.160 e. The highest BCUT2D eigenvalue weighted by molar-refractivity contribution is 6.17. The van der Waals surface area contributed by atoms with Crippen LogP contribution < -0.4 is 4.74 Å². The van der Waals surface area contributed by atoms with Crippen molar-refractivity contribution in [2.24, 2.45) is 0 Å². The molecule has 0 N–H and O–H groups in total. The third kappa shape index (κ3) is 4.71. The summed E-state index contributed by atoms with van der Waals surface area (Å²) in [4.78, 5) is 8.79. The summed E-state index contributed by atoms with van der Waals surface area (Å²) in [5.41, 5.74) is 2.10. The van der Waals surface area contributed by atoms with Crippen molar-refractivity contribution in [1.29, 1.82) is 0 Å². The highest BCUT2D eigenvalue weighted by atomic mass is 35.5. The van der Waals surface area contributed by atoms with Gasteiger partial charge in [-0.25, -0.2) is 9.97 Å². The predicted octanol–water partition coefficient (Wildman–Crippen LogP) is 4.35. The van der Waals surface area contributed by atoms with Crippen LogP contribution in [-0.4, -0.2) is 16.6 Å². The minimum absolute atomic E-state index is 0.291. The smallest absolute Gasteiger partial charge is 0.160 e. The molecule has 0 saturated carbocycles. The Bertz CT molecular complexity index is 558. The largest absolute Gasteiger partial charge is 0.490 e. The van der Waals surface area contributed by atoms with E-state index in [0.717, 1.165) is 24.4 Å². The lowest BCUT2D eigenvalue weighted by Gasteiger charge is -2.11. The first kappa shape index (κ1) is 15.8. The minimum Gasteiger partial charge on any atom is -0.490 e. The molecule has 2 rings (SSSR count). The summed E-state index contributed by atoms with van der Waals surface area (Å²) in [7, 11) is 0. The summed E-state index contributed by atoms with van der Waals surface area (Å²) in [6.07, 6.45) is 3.70. The molecule has 0 aliphatic heterocycles. The molecule has 1 heterocycles. The maximum atomic E-state index is 5.95. The molecule has 1 aromatic heterocycles. The topological polar surface area (TPSA) is 35.0 Å². The van der Waals surface area contributed by atoms with E-state index in [1.807, 2.05) is 6.07 Å². The van der Waals surface area contributed by atoms with E-state index in [1.54, 1.807) is 6.20 Å². The minimum atomic E-state index is 0.291. The summed E-state index contributed by atoms with van der Waals surface area (Å²) in [5.74, 6) is 2.14. The van der Waals surface area contributed by atoms with Crippen LogP contribution >= 0.6 is 11.6 Å². The highest BCUT2D eigenvalue weighted by Gasteiger charge is 2.10. The van der Waals surface area contributed by atoms with Gasteiger partial charge in [-0.05, 0) is 18.4 Å². The number of ether oxygens (including phenoxy) is 1. The molecule has 0 amide bonds. The average Bonchev–Trinajstić information content (AvgIpc) is 2.52. The number of hydrogen-bond acceptors (Lipinski definition) is 3. The lowest BCUT2D eigenvalue weighted by atomic mass is 10.1. The van der Waals surface area contributed by atoms with Crippen LogP contribution in [0.25, 0.3) is 0 Å². The van der Waals surface area contributed by atoms with Crippen LogP contribution in [0.15, 0.2) is 36.5 Å². The van der Waals surface area contributed by atoms with Gasteiger partial charge in [-0.1, -0.05) is 44.2 Å². The SMILES string of the molecule is CC(C)c1ncc(OCCCc2ccccc2)c(CCl)n1. The third-order valence-electron chi connectivity index (χ3n) is 3.20. The van der Waals surface area contributed by atoms with Crippen LogP contribution in [0.3, 0.4) is 0 Å². The van der Waals surface area contributed by atoms with Crippen molar-refractivity contribution in [1.82, 2.24) is 9.97 Å². The zero-order chi connectivity index (χ0) is 15.1. The lowest BCUT2D eigenvalue weighted by Crippen LogP contribution is -2.06. The first-order chi connectivity index (χ1) is 10.2. The number of benzene rings is 1. The van der Waals surface area contributed by atoms with Crippen LogP contribution in [0, 0.1) is 0 Å². The molecule has 0 saturated heterocycles. The molecule has 112 valence electrons. The molecule has 0 aliphatic rings. The van der Waals surface area contributed by atoms with Gasteiger partial charge in [0.2, 0.25) is 0 Å². The molecule has 0 fully saturated rings. The van der Waals surface area contributed by atoms with Gasteiger partial charge in [-0.15, -0.1) is 11.6 Å². The second-order valence-electron chi connectivity index (χ2n) is 5.27. The van der Waals surface area contributed by atoms with Crippen LogP contribution in [0.2, 0.25) is 0 Å². The standard InChI is InChI=1S/C17H21ClN2O/c1-13(2)17-19-12-16(15(11-18)20-17)21-10-6-9-14-7-4-3-5-8-14/h3-5,7-8,12-13H,6,9-11H2,1-2H3. The van der Waals surface area contributed by atoms with Crippen molar-refractivity contribution >= 4 is 11.6 Å². The van der Waals surface area contributed by atoms with Gasteiger partial charge in [0.15, 0.2) is 5.75 Å². The van der Waals surface area contributed by atoms with Gasteiger partial charge in [0.25, 0.3) is 0 Å². The van der Waals surface area contributed by atoms with E-state index in [2.05, 4.69) is 48.1 Å². The molecular formula is C17H21ClN2O. The first-order valence-electron chi connectivity index (χ1n) is 7.29. The second kappa shape index (κ2) is 7.99. The van der Waals surface area contributed by atoms with Gasteiger partial charge in [0, 0.05) is 5.92 Å². The van der Waals surface area contributed by atoms with Crippen molar-refractivity contribution in [2.45, 2.75) is 38.5 Å². The van der Waals surface area contributed by atoms with E-state index in [4.69, 9.17) is 16.3 Å².